The number of benzene rings is 5. The van der Waals surface area contributed by atoms with Gasteiger partial charge in [0.25, 0.3) is 0 Å². The Labute approximate surface area is 180 Å². The Morgan fingerprint density at radius 3 is 2.16 bits per heavy atom. The maximum absolute atomic E-state index is 9.33. The summed E-state index contributed by atoms with van der Waals surface area (Å²) >= 11 is 0. The molecule has 31 heavy (non-hydrogen) atoms. The first kappa shape index (κ1) is 19.5. The predicted molar refractivity (Wildman–Crippen MR) is 125 cm³/mol. The van der Waals surface area contributed by atoms with Gasteiger partial charge in [0.15, 0.2) is 0 Å². The van der Waals surface area contributed by atoms with Crippen LogP contribution in [0.4, 0.5) is 0 Å². The van der Waals surface area contributed by atoms with Crippen LogP contribution in [-0.2, 0) is 11.3 Å². The van der Waals surface area contributed by atoms with Crippen molar-refractivity contribution in [2.24, 2.45) is 0 Å². The van der Waals surface area contributed by atoms with Crippen LogP contribution >= 0.6 is 0 Å². The lowest BCUT2D eigenvalue weighted by molar-refractivity contribution is 0.0000244. The van der Waals surface area contributed by atoms with Gasteiger partial charge < -0.3 is 14.9 Å². The van der Waals surface area contributed by atoms with Crippen molar-refractivity contribution >= 4 is 32.3 Å². The summed E-state index contributed by atoms with van der Waals surface area (Å²) in [5.41, 5.74) is 2.96. The van der Waals surface area contributed by atoms with E-state index in [2.05, 4.69) is 66.4 Å². The number of rotatable bonds is 5. The first-order valence-electron chi connectivity index (χ1n) is 10.4. The molecular weight excluding hydrogens is 384 g/mol. The zero-order chi connectivity index (χ0) is 21.2. The molecule has 1 unspecified atom stereocenters. The second-order valence-electron chi connectivity index (χ2n) is 7.77. The highest BCUT2D eigenvalue weighted by molar-refractivity contribution is 6.23. The monoisotopic (exact) mass is 406 g/mol. The molecule has 0 amide bonds. The third kappa shape index (κ3) is 3.85. The SMILES string of the molecule is OCC(O)COCc1ccc(C#Cc2ccc3ccc4cccc5ccc2c3c45)cc1. The van der Waals surface area contributed by atoms with E-state index in [1.54, 1.807) is 0 Å². The molecule has 0 heterocycles. The summed E-state index contributed by atoms with van der Waals surface area (Å²) in [7, 11) is 0. The van der Waals surface area contributed by atoms with Crippen molar-refractivity contribution < 1.29 is 14.9 Å². The van der Waals surface area contributed by atoms with E-state index in [1.165, 1.54) is 32.3 Å². The van der Waals surface area contributed by atoms with Crippen LogP contribution in [0.1, 0.15) is 16.7 Å². The second kappa shape index (κ2) is 8.37. The van der Waals surface area contributed by atoms with Crippen molar-refractivity contribution in [3.8, 4) is 11.8 Å². The molecule has 3 heteroatoms. The zero-order valence-corrected chi connectivity index (χ0v) is 17.0. The molecule has 3 nitrogen and oxygen atoms in total. The molecular formula is C28H22O3. The van der Waals surface area contributed by atoms with E-state index in [0.717, 1.165) is 16.7 Å². The Morgan fingerprint density at radius 1 is 0.742 bits per heavy atom. The molecule has 0 radical (unpaired) electrons. The molecule has 0 aliphatic rings. The summed E-state index contributed by atoms with van der Waals surface area (Å²) in [5, 5.41) is 25.7. The van der Waals surface area contributed by atoms with Gasteiger partial charge in [-0.25, -0.2) is 0 Å². The summed E-state index contributed by atoms with van der Waals surface area (Å²) in [4.78, 5) is 0. The number of hydrogen-bond donors (Lipinski definition) is 2. The van der Waals surface area contributed by atoms with Gasteiger partial charge in [-0.3, -0.25) is 0 Å². The van der Waals surface area contributed by atoms with Crippen LogP contribution in [0.2, 0.25) is 0 Å². The van der Waals surface area contributed by atoms with Gasteiger partial charge in [-0.05, 0) is 56.1 Å². The van der Waals surface area contributed by atoms with E-state index < -0.39 is 6.10 Å². The summed E-state index contributed by atoms with van der Waals surface area (Å²) in [5.74, 6) is 6.64. The van der Waals surface area contributed by atoms with Crippen molar-refractivity contribution in [2.75, 3.05) is 13.2 Å². The van der Waals surface area contributed by atoms with E-state index in [9.17, 15) is 5.11 Å². The Hall–Kier alpha value is -3.42. The molecule has 0 bridgehead atoms. The minimum atomic E-state index is -0.838. The largest absolute Gasteiger partial charge is 0.394 e. The van der Waals surface area contributed by atoms with E-state index in [1.807, 2.05) is 24.3 Å². The highest BCUT2D eigenvalue weighted by atomic mass is 16.5. The van der Waals surface area contributed by atoms with Crippen LogP contribution in [0.15, 0.2) is 78.9 Å². The molecule has 0 fully saturated rings. The summed E-state index contributed by atoms with van der Waals surface area (Å²) in [6.45, 7) is 0.212. The van der Waals surface area contributed by atoms with Gasteiger partial charge in [0.1, 0.15) is 6.10 Å². The van der Waals surface area contributed by atoms with E-state index in [0.29, 0.717) is 6.61 Å². The normalized spacial score (nSPS) is 12.3. The van der Waals surface area contributed by atoms with Crippen LogP contribution in [0.5, 0.6) is 0 Å². The van der Waals surface area contributed by atoms with Gasteiger partial charge in [0.05, 0.1) is 19.8 Å². The van der Waals surface area contributed by atoms with Crippen molar-refractivity contribution in [2.45, 2.75) is 12.7 Å². The van der Waals surface area contributed by atoms with Crippen LogP contribution in [0.3, 0.4) is 0 Å². The van der Waals surface area contributed by atoms with Crippen molar-refractivity contribution in [3.63, 3.8) is 0 Å². The van der Waals surface area contributed by atoms with Crippen LogP contribution in [0, 0.1) is 11.8 Å². The van der Waals surface area contributed by atoms with Crippen LogP contribution < -0.4 is 0 Å². The highest BCUT2D eigenvalue weighted by Gasteiger charge is 2.09. The molecule has 0 aromatic heterocycles. The Morgan fingerprint density at radius 2 is 1.42 bits per heavy atom. The number of aliphatic hydroxyl groups is 2. The van der Waals surface area contributed by atoms with Gasteiger partial charge in [-0.1, -0.05) is 72.5 Å². The van der Waals surface area contributed by atoms with E-state index in [-0.39, 0.29) is 13.2 Å². The lowest BCUT2D eigenvalue weighted by atomic mass is 9.92. The van der Waals surface area contributed by atoms with Crippen molar-refractivity contribution in [1.82, 2.24) is 0 Å². The van der Waals surface area contributed by atoms with Gasteiger partial charge >= 0.3 is 0 Å². The molecule has 0 spiro atoms. The summed E-state index contributed by atoms with van der Waals surface area (Å²) < 4.78 is 5.40. The van der Waals surface area contributed by atoms with Crippen LogP contribution in [0.25, 0.3) is 32.3 Å². The third-order valence-corrected chi connectivity index (χ3v) is 5.61. The van der Waals surface area contributed by atoms with Gasteiger partial charge in [-0.15, -0.1) is 0 Å². The summed E-state index contributed by atoms with van der Waals surface area (Å²) in [6, 6.07) is 27.3. The molecule has 0 aliphatic carbocycles. The first-order chi connectivity index (χ1) is 15.2. The lowest BCUT2D eigenvalue weighted by Crippen LogP contribution is -2.19. The molecule has 2 N–H and O–H groups in total. The molecule has 5 rings (SSSR count). The van der Waals surface area contributed by atoms with Gasteiger partial charge in [0.2, 0.25) is 0 Å². The minimum Gasteiger partial charge on any atom is -0.394 e. The fraction of sp³-hybridized carbons (Fsp3) is 0.143. The molecule has 0 saturated heterocycles. The Bertz CT molecular complexity index is 1390. The zero-order valence-electron chi connectivity index (χ0n) is 17.0. The smallest absolute Gasteiger partial charge is 0.100 e. The maximum atomic E-state index is 9.33. The maximum Gasteiger partial charge on any atom is 0.100 e. The second-order valence-corrected chi connectivity index (χ2v) is 7.77. The molecule has 5 aromatic rings. The van der Waals surface area contributed by atoms with E-state index >= 15 is 0 Å². The number of aliphatic hydroxyl groups excluding tert-OH is 2. The molecule has 0 saturated carbocycles. The number of hydrogen-bond acceptors (Lipinski definition) is 3. The quantitative estimate of drug-likeness (QED) is 0.324. The molecule has 0 aliphatic heterocycles. The average molecular weight is 406 g/mol. The Balaban J connectivity index is 1.44. The fourth-order valence-electron chi connectivity index (χ4n) is 4.03. The molecule has 5 aromatic carbocycles. The minimum absolute atomic E-state index is 0.118. The average Bonchev–Trinajstić information content (AvgIpc) is 2.82. The molecule has 152 valence electrons. The highest BCUT2D eigenvalue weighted by Crippen LogP contribution is 2.35. The van der Waals surface area contributed by atoms with Crippen molar-refractivity contribution in [3.05, 3.63) is 95.6 Å². The molecule has 1 atom stereocenters. The van der Waals surface area contributed by atoms with Gasteiger partial charge in [0, 0.05) is 11.1 Å². The first-order valence-corrected chi connectivity index (χ1v) is 10.4. The van der Waals surface area contributed by atoms with Crippen LogP contribution in [-0.4, -0.2) is 29.5 Å². The third-order valence-electron chi connectivity index (χ3n) is 5.61. The standard InChI is InChI=1S/C28H22O3/c29-16-25(30)18-31-17-20-6-4-19(5-7-20)8-9-21-10-11-24-13-12-22-2-1-3-23-14-15-26(21)28(24)27(22)23/h1-7,10-15,25,29-30H,16-18H2. The van der Waals surface area contributed by atoms with Gasteiger partial charge in [-0.2, -0.15) is 0 Å². The predicted octanol–water partition coefficient (Wildman–Crippen LogP) is 4.85. The summed E-state index contributed by atoms with van der Waals surface area (Å²) in [6.07, 6.45) is -0.838. The fourth-order valence-corrected chi connectivity index (χ4v) is 4.03. The van der Waals surface area contributed by atoms with E-state index in [4.69, 9.17) is 9.84 Å². The van der Waals surface area contributed by atoms with Crippen molar-refractivity contribution in [1.29, 1.82) is 0 Å². The Kier molecular flexibility index (Phi) is 5.28. The lowest BCUT2D eigenvalue weighted by Gasteiger charge is -2.11. The number of ether oxygens (including phenoxy) is 1. The topological polar surface area (TPSA) is 49.7 Å².